The summed E-state index contributed by atoms with van der Waals surface area (Å²) in [6.45, 7) is 2.13. The number of rotatable bonds is 5. The van der Waals surface area contributed by atoms with Crippen molar-refractivity contribution in [2.45, 2.75) is 26.2 Å². The Morgan fingerprint density at radius 1 is 1.26 bits per heavy atom. The lowest BCUT2D eigenvalue weighted by Gasteiger charge is -2.39. The van der Waals surface area contributed by atoms with Crippen LogP contribution in [-0.2, 0) is 9.53 Å². The van der Waals surface area contributed by atoms with Crippen molar-refractivity contribution in [3.63, 3.8) is 0 Å². The molecule has 0 aromatic heterocycles. The fourth-order valence-corrected chi connectivity index (χ4v) is 2.37. The maximum absolute atomic E-state index is 11.8. The second kappa shape index (κ2) is 5.43. The molecule has 1 saturated carbocycles. The SMILES string of the molecule is COC(=O)C1(CNc2ccc(C(C)=O)cc2)CCC1. The van der Waals surface area contributed by atoms with Gasteiger partial charge in [0.05, 0.1) is 12.5 Å². The number of Topliss-reactive ketones (excluding diaryl/α,β-unsaturated/α-hetero) is 1. The van der Waals surface area contributed by atoms with Gasteiger partial charge in [-0.2, -0.15) is 0 Å². The maximum atomic E-state index is 11.8. The average Bonchev–Trinajstić information content (AvgIpc) is 2.37. The second-order valence-electron chi connectivity index (χ2n) is 5.11. The highest BCUT2D eigenvalue weighted by molar-refractivity contribution is 5.94. The standard InChI is InChI=1S/C15H19NO3/c1-11(17)12-4-6-13(7-5-12)16-10-15(8-3-9-15)14(18)19-2/h4-7,16H,3,8-10H2,1-2H3. The van der Waals surface area contributed by atoms with Gasteiger partial charge in [0, 0.05) is 17.8 Å². The van der Waals surface area contributed by atoms with Crippen LogP contribution in [0.15, 0.2) is 24.3 Å². The first-order valence-electron chi connectivity index (χ1n) is 6.51. The van der Waals surface area contributed by atoms with Crippen molar-refractivity contribution in [3.05, 3.63) is 29.8 Å². The van der Waals surface area contributed by atoms with Crippen LogP contribution in [0.2, 0.25) is 0 Å². The Kier molecular flexibility index (Phi) is 3.88. The lowest BCUT2D eigenvalue weighted by molar-refractivity contribution is -0.157. The monoisotopic (exact) mass is 261 g/mol. The molecule has 0 heterocycles. The van der Waals surface area contributed by atoms with Crippen LogP contribution in [0.1, 0.15) is 36.5 Å². The summed E-state index contributed by atoms with van der Waals surface area (Å²) >= 11 is 0. The molecule has 0 amide bonds. The number of methoxy groups -OCH3 is 1. The third kappa shape index (κ3) is 2.78. The molecule has 0 bridgehead atoms. The molecule has 1 aromatic carbocycles. The smallest absolute Gasteiger partial charge is 0.313 e. The van der Waals surface area contributed by atoms with Gasteiger partial charge in [-0.05, 0) is 44.0 Å². The fourth-order valence-electron chi connectivity index (χ4n) is 2.37. The van der Waals surface area contributed by atoms with Gasteiger partial charge in [0.15, 0.2) is 5.78 Å². The molecule has 4 nitrogen and oxygen atoms in total. The molecule has 0 aliphatic heterocycles. The van der Waals surface area contributed by atoms with Gasteiger partial charge in [0.25, 0.3) is 0 Å². The molecular formula is C15H19NO3. The zero-order valence-corrected chi connectivity index (χ0v) is 11.4. The minimum absolute atomic E-state index is 0.0524. The van der Waals surface area contributed by atoms with Crippen molar-refractivity contribution >= 4 is 17.4 Å². The number of nitrogens with one attached hydrogen (secondary N) is 1. The van der Waals surface area contributed by atoms with Crippen LogP contribution in [0, 0.1) is 5.41 Å². The number of ether oxygens (including phenoxy) is 1. The summed E-state index contributed by atoms with van der Waals surface area (Å²) in [7, 11) is 1.43. The quantitative estimate of drug-likeness (QED) is 0.654. The normalized spacial score (nSPS) is 16.3. The molecule has 0 saturated heterocycles. The van der Waals surface area contributed by atoms with Gasteiger partial charge in [0.1, 0.15) is 0 Å². The Morgan fingerprint density at radius 2 is 1.89 bits per heavy atom. The van der Waals surface area contributed by atoms with E-state index in [9.17, 15) is 9.59 Å². The van der Waals surface area contributed by atoms with Gasteiger partial charge in [-0.25, -0.2) is 0 Å². The number of hydrogen-bond acceptors (Lipinski definition) is 4. The minimum Gasteiger partial charge on any atom is -0.469 e. The van der Waals surface area contributed by atoms with Gasteiger partial charge in [0.2, 0.25) is 0 Å². The third-order valence-electron chi connectivity index (χ3n) is 3.85. The van der Waals surface area contributed by atoms with Crippen LogP contribution in [0.25, 0.3) is 0 Å². The molecule has 0 unspecified atom stereocenters. The number of esters is 1. The molecule has 102 valence electrons. The number of carbonyl (C=O) groups is 2. The molecule has 1 fully saturated rings. The van der Waals surface area contributed by atoms with E-state index in [0.29, 0.717) is 12.1 Å². The largest absolute Gasteiger partial charge is 0.469 e. The van der Waals surface area contributed by atoms with Gasteiger partial charge >= 0.3 is 5.97 Å². The lowest BCUT2D eigenvalue weighted by Crippen LogP contribution is -2.44. The molecular weight excluding hydrogens is 242 g/mol. The van der Waals surface area contributed by atoms with Gasteiger partial charge in [-0.1, -0.05) is 6.42 Å². The van der Waals surface area contributed by atoms with Crippen LogP contribution in [0.4, 0.5) is 5.69 Å². The summed E-state index contributed by atoms with van der Waals surface area (Å²) in [6, 6.07) is 7.30. The molecule has 4 heteroatoms. The summed E-state index contributed by atoms with van der Waals surface area (Å²) in [5.41, 5.74) is 1.24. The number of carbonyl (C=O) groups excluding carboxylic acids is 2. The lowest BCUT2D eigenvalue weighted by atomic mass is 9.68. The van der Waals surface area contributed by atoms with E-state index in [-0.39, 0.29) is 17.2 Å². The highest BCUT2D eigenvalue weighted by Gasteiger charge is 2.45. The Hall–Kier alpha value is -1.84. The molecule has 0 radical (unpaired) electrons. The van der Waals surface area contributed by atoms with E-state index in [2.05, 4.69) is 5.32 Å². The van der Waals surface area contributed by atoms with Crippen molar-refractivity contribution in [1.82, 2.24) is 0 Å². The Labute approximate surface area is 113 Å². The molecule has 1 aliphatic carbocycles. The first-order valence-corrected chi connectivity index (χ1v) is 6.51. The highest BCUT2D eigenvalue weighted by atomic mass is 16.5. The molecule has 0 atom stereocenters. The summed E-state index contributed by atoms with van der Waals surface area (Å²) in [4.78, 5) is 22.9. The van der Waals surface area contributed by atoms with Crippen LogP contribution >= 0.6 is 0 Å². The molecule has 1 aromatic rings. The Bertz CT molecular complexity index is 475. The molecule has 2 rings (SSSR count). The number of hydrogen-bond donors (Lipinski definition) is 1. The predicted octanol–water partition coefficient (Wildman–Crippen LogP) is 2.64. The second-order valence-corrected chi connectivity index (χ2v) is 5.11. The van der Waals surface area contributed by atoms with E-state index in [1.54, 1.807) is 19.1 Å². The van der Waals surface area contributed by atoms with Crippen molar-refractivity contribution in [1.29, 1.82) is 0 Å². The fraction of sp³-hybridized carbons (Fsp3) is 0.467. The first kappa shape index (κ1) is 13.6. The van der Waals surface area contributed by atoms with Gasteiger partial charge < -0.3 is 10.1 Å². The van der Waals surface area contributed by atoms with E-state index < -0.39 is 0 Å². The van der Waals surface area contributed by atoms with Crippen LogP contribution in [-0.4, -0.2) is 25.4 Å². The number of ketones is 1. The Morgan fingerprint density at radius 3 is 2.32 bits per heavy atom. The molecule has 1 N–H and O–H groups in total. The molecule has 19 heavy (non-hydrogen) atoms. The van der Waals surface area contributed by atoms with E-state index in [0.717, 1.165) is 24.9 Å². The van der Waals surface area contributed by atoms with E-state index >= 15 is 0 Å². The third-order valence-corrected chi connectivity index (χ3v) is 3.85. The zero-order valence-electron chi connectivity index (χ0n) is 11.4. The van der Waals surface area contributed by atoms with Crippen molar-refractivity contribution < 1.29 is 14.3 Å². The molecule has 0 spiro atoms. The number of anilines is 1. The van der Waals surface area contributed by atoms with Crippen LogP contribution in [0.3, 0.4) is 0 Å². The highest BCUT2D eigenvalue weighted by Crippen LogP contribution is 2.42. The van der Waals surface area contributed by atoms with Gasteiger partial charge in [-0.3, -0.25) is 9.59 Å². The number of benzene rings is 1. The summed E-state index contributed by atoms with van der Waals surface area (Å²) in [5, 5.41) is 3.26. The van der Waals surface area contributed by atoms with E-state index in [1.165, 1.54) is 7.11 Å². The first-order chi connectivity index (χ1) is 9.07. The predicted molar refractivity (Wildman–Crippen MR) is 73.2 cm³/mol. The summed E-state index contributed by atoms with van der Waals surface area (Å²) in [5.74, 6) is -0.0804. The minimum atomic E-state index is -0.367. The van der Waals surface area contributed by atoms with Crippen molar-refractivity contribution in [2.24, 2.45) is 5.41 Å². The van der Waals surface area contributed by atoms with E-state index in [1.807, 2.05) is 12.1 Å². The van der Waals surface area contributed by atoms with Crippen molar-refractivity contribution in [2.75, 3.05) is 19.0 Å². The van der Waals surface area contributed by atoms with Crippen LogP contribution in [0.5, 0.6) is 0 Å². The van der Waals surface area contributed by atoms with Crippen molar-refractivity contribution in [3.8, 4) is 0 Å². The topological polar surface area (TPSA) is 55.4 Å². The van der Waals surface area contributed by atoms with E-state index in [4.69, 9.17) is 4.74 Å². The van der Waals surface area contributed by atoms with Crippen LogP contribution < -0.4 is 5.32 Å². The summed E-state index contributed by atoms with van der Waals surface area (Å²) < 4.78 is 4.87. The van der Waals surface area contributed by atoms with Gasteiger partial charge in [-0.15, -0.1) is 0 Å². The average molecular weight is 261 g/mol. The zero-order chi connectivity index (χ0) is 13.9. The molecule has 1 aliphatic rings. The Balaban J connectivity index is 1.98. The summed E-state index contributed by atoms with van der Waals surface area (Å²) in [6.07, 6.45) is 2.82. The maximum Gasteiger partial charge on any atom is 0.313 e.